The second kappa shape index (κ2) is 10.2. The summed E-state index contributed by atoms with van der Waals surface area (Å²) in [5.41, 5.74) is 3.53. The lowest BCUT2D eigenvalue weighted by Gasteiger charge is -2.25. The quantitative estimate of drug-likeness (QED) is 0.499. The van der Waals surface area contributed by atoms with Crippen molar-refractivity contribution in [3.63, 3.8) is 0 Å². The molecule has 0 spiro atoms. The number of sulfonamides is 1. The fourth-order valence-corrected chi connectivity index (χ4v) is 4.82. The van der Waals surface area contributed by atoms with Crippen LogP contribution in [0.15, 0.2) is 77.7 Å². The Morgan fingerprint density at radius 3 is 2.25 bits per heavy atom. The van der Waals surface area contributed by atoms with Gasteiger partial charge in [-0.05, 0) is 72.9 Å². The third-order valence-corrected chi connectivity index (χ3v) is 7.48. The minimum atomic E-state index is -3.97. The SMILES string of the molecule is Cc1ccc(N(CC(=O)NC[C@@H](C)c2ccccc2)S(=O)(=O)c2ccc(Cl)cc2)cc1C. The predicted octanol–water partition coefficient (Wildman–Crippen LogP) is 5.07. The van der Waals surface area contributed by atoms with Crippen molar-refractivity contribution in [2.24, 2.45) is 0 Å². The van der Waals surface area contributed by atoms with Crippen LogP contribution in [0, 0.1) is 13.8 Å². The zero-order valence-electron chi connectivity index (χ0n) is 18.4. The fourth-order valence-electron chi connectivity index (χ4n) is 3.28. The molecule has 0 aliphatic carbocycles. The molecule has 0 saturated carbocycles. The highest BCUT2D eigenvalue weighted by molar-refractivity contribution is 7.92. The highest BCUT2D eigenvalue weighted by atomic mass is 35.5. The van der Waals surface area contributed by atoms with Crippen molar-refractivity contribution in [3.05, 3.63) is 94.5 Å². The van der Waals surface area contributed by atoms with E-state index in [0.717, 1.165) is 21.0 Å². The molecule has 0 saturated heterocycles. The van der Waals surface area contributed by atoms with E-state index in [1.807, 2.05) is 57.2 Å². The van der Waals surface area contributed by atoms with Crippen LogP contribution in [-0.4, -0.2) is 27.4 Å². The van der Waals surface area contributed by atoms with E-state index in [1.165, 1.54) is 24.3 Å². The van der Waals surface area contributed by atoms with Gasteiger partial charge in [0.2, 0.25) is 5.91 Å². The first-order valence-corrected chi connectivity index (χ1v) is 12.2. The van der Waals surface area contributed by atoms with Crippen LogP contribution in [0.4, 0.5) is 5.69 Å². The number of carbonyl (C=O) groups is 1. The summed E-state index contributed by atoms with van der Waals surface area (Å²) in [4.78, 5) is 12.9. The molecule has 7 heteroatoms. The number of amides is 1. The molecular formula is C25H27ClN2O3S. The lowest BCUT2D eigenvalue weighted by molar-refractivity contribution is -0.119. The van der Waals surface area contributed by atoms with Gasteiger partial charge in [0.25, 0.3) is 10.0 Å². The molecule has 1 atom stereocenters. The molecule has 0 radical (unpaired) electrons. The number of anilines is 1. The first-order chi connectivity index (χ1) is 15.2. The lowest BCUT2D eigenvalue weighted by Crippen LogP contribution is -2.41. The standard InChI is InChI=1S/C25H27ClN2O3S/c1-18-9-12-23(15-19(18)2)28(32(30,31)24-13-10-22(26)11-14-24)17-25(29)27-16-20(3)21-7-5-4-6-8-21/h4-15,20H,16-17H2,1-3H3,(H,27,29)/t20-/m1/s1. The molecule has 0 aliphatic heterocycles. The monoisotopic (exact) mass is 470 g/mol. The van der Waals surface area contributed by atoms with Crippen molar-refractivity contribution in [1.82, 2.24) is 5.32 Å². The van der Waals surface area contributed by atoms with Gasteiger partial charge in [0.1, 0.15) is 6.54 Å². The van der Waals surface area contributed by atoms with Crippen molar-refractivity contribution in [2.45, 2.75) is 31.6 Å². The Bertz CT molecular complexity index is 1180. The normalized spacial score (nSPS) is 12.2. The molecule has 0 heterocycles. The summed E-state index contributed by atoms with van der Waals surface area (Å²) in [6.07, 6.45) is 0. The average Bonchev–Trinajstić information content (AvgIpc) is 2.78. The molecular weight excluding hydrogens is 444 g/mol. The molecule has 5 nitrogen and oxygen atoms in total. The van der Waals surface area contributed by atoms with Crippen LogP contribution < -0.4 is 9.62 Å². The molecule has 0 fully saturated rings. The van der Waals surface area contributed by atoms with Crippen molar-refractivity contribution < 1.29 is 13.2 Å². The lowest BCUT2D eigenvalue weighted by atomic mass is 10.0. The van der Waals surface area contributed by atoms with Crippen molar-refractivity contribution >= 4 is 33.2 Å². The van der Waals surface area contributed by atoms with Crippen molar-refractivity contribution in [1.29, 1.82) is 0 Å². The van der Waals surface area contributed by atoms with E-state index in [-0.39, 0.29) is 23.3 Å². The van der Waals surface area contributed by atoms with Crippen molar-refractivity contribution in [2.75, 3.05) is 17.4 Å². The maximum atomic E-state index is 13.4. The van der Waals surface area contributed by atoms with E-state index in [2.05, 4.69) is 5.32 Å². The van der Waals surface area contributed by atoms with Crippen LogP contribution in [0.1, 0.15) is 29.5 Å². The minimum Gasteiger partial charge on any atom is -0.354 e. The van der Waals surface area contributed by atoms with Crippen molar-refractivity contribution in [3.8, 4) is 0 Å². The highest BCUT2D eigenvalue weighted by Crippen LogP contribution is 2.26. The Morgan fingerprint density at radius 2 is 1.62 bits per heavy atom. The molecule has 1 amide bonds. The fraction of sp³-hybridized carbons (Fsp3) is 0.240. The van der Waals surface area contributed by atoms with E-state index in [9.17, 15) is 13.2 Å². The van der Waals surface area contributed by atoms with Gasteiger partial charge in [-0.3, -0.25) is 9.10 Å². The summed E-state index contributed by atoms with van der Waals surface area (Å²) < 4.78 is 28.0. The topological polar surface area (TPSA) is 66.5 Å². The predicted molar refractivity (Wildman–Crippen MR) is 130 cm³/mol. The second-order valence-corrected chi connectivity index (χ2v) is 10.1. The van der Waals surface area contributed by atoms with Gasteiger partial charge in [-0.1, -0.05) is 54.9 Å². The average molecular weight is 471 g/mol. The van der Waals surface area contributed by atoms with Gasteiger partial charge in [0.05, 0.1) is 10.6 Å². The first kappa shape index (κ1) is 23.8. The summed E-state index contributed by atoms with van der Waals surface area (Å²) in [5, 5.41) is 3.31. The summed E-state index contributed by atoms with van der Waals surface area (Å²) in [5.74, 6) is -0.272. The van der Waals surface area contributed by atoms with Crippen LogP contribution in [0.3, 0.4) is 0 Å². The Labute approximate surface area is 195 Å². The zero-order valence-corrected chi connectivity index (χ0v) is 20.0. The zero-order chi connectivity index (χ0) is 23.3. The number of rotatable bonds is 8. The van der Waals surface area contributed by atoms with Gasteiger partial charge in [0, 0.05) is 11.6 Å². The Hall–Kier alpha value is -2.83. The maximum Gasteiger partial charge on any atom is 0.264 e. The smallest absolute Gasteiger partial charge is 0.264 e. The molecule has 0 aliphatic rings. The van der Waals surface area contributed by atoms with Crippen LogP contribution >= 0.6 is 11.6 Å². The van der Waals surface area contributed by atoms with Gasteiger partial charge >= 0.3 is 0 Å². The minimum absolute atomic E-state index is 0.0746. The van der Waals surface area contributed by atoms with Gasteiger partial charge in [-0.25, -0.2) is 8.42 Å². The Kier molecular flexibility index (Phi) is 7.59. The number of halogens is 1. The van der Waals surface area contributed by atoms with Gasteiger partial charge in [-0.2, -0.15) is 0 Å². The van der Waals surface area contributed by atoms with Gasteiger partial charge < -0.3 is 5.32 Å². The Balaban J connectivity index is 1.84. The maximum absolute atomic E-state index is 13.4. The molecule has 3 rings (SSSR count). The van der Waals surface area contributed by atoms with Crippen LogP contribution in [-0.2, 0) is 14.8 Å². The number of hydrogen-bond donors (Lipinski definition) is 1. The summed E-state index contributed by atoms with van der Waals surface area (Å²) in [6.45, 7) is 5.96. The number of nitrogens with one attached hydrogen (secondary N) is 1. The molecule has 3 aromatic carbocycles. The van der Waals surface area contributed by atoms with Crippen LogP contribution in [0.25, 0.3) is 0 Å². The number of benzene rings is 3. The van der Waals surface area contributed by atoms with Gasteiger partial charge in [-0.15, -0.1) is 0 Å². The molecule has 168 valence electrons. The van der Waals surface area contributed by atoms with Crippen LogP contribution in [0.5, 0.6) is 0 Å². The number of nitrogens with zero attached hydrogens (tertiary/aromatic N) is 1. The first-order valence-electron chi connectivity index (χ1n) is 10.4. The molecule has 32 heavy (non-hydrogen) atoms. The van der Waals surface area contributed by atoms with E-state index >= 15 is 0 Å². The second-order valence-electron chi connectivity index (χ2n) is 7.85. The molecule has 3 aromatic rings. The summed E-state index contributed by atoms with van der Waals surface area (Å²) in [7, 11) is -3.97. The van der Waals surface area contributed by atoms with E-state index in [4.69, 9.17) is 11.6 Å². The van der Waals surface area contributed by atoms with E-state index in [0.29, 0.717) is 17.3 Å². The van der Waals surface area contributed by atoms with Gasteiger partial charge in [0.15, 0.2) is 0 Å². The highest BCUT2D eigenvalue weighted by Gasteiger charge is 2.27. The number of aryl methyl sites for hydroxylation is 2. The Morgan fingerprint density at radius 1 is 0.969 bits per heavy atom. The molecule has 0 unspecified atom stereocenters. The summed E-state index contributed by atoms with van der Waals surface area (Å²) >= 11 is 5.93. The van der Waals surface area contributed by atoms with Crippen LogP contribution in [0.2, 0.25) is 5.02 Å². The van der Waals surface area contributed by atoms with E-state index < -0.39 is 10.0 Å². The molecule has 1 N–H and O–H groups in total. The number of carbonyl (C=O) groups excluding carboxylic acids is 1. The summed E-state index contributed by atoms with van der Waals surface area (Å²) in [6, 6.07) is 21.1. The third kappa shape index (κ3) is 5.69. The third-order valence-electron chi connectivity index (χ3n) is 5.44. The molecule has 0 aromatic heterocycles. The molecule has 0 bridgehead atoms. The number of hydrogen-bond acceptors (Lipinski definition) is 3. The largest absolute Gasteiger partial charge is 0.354 e. The van der Waals surface area contributed by atoms with E-state index in [1.54, 1.807) is 12.1 Å².